The molecule has 0 saturated heterocycles. The molecule has 0 radical (unpaired) electrons. The lowest BCUT2D eigenvalue weighted by Gasteiger charge is -2.24. The molecule has 1 atom stereocenters. The Kier molecular flexibility index (Phi) is 3.63. The maximum Gasteiger partial charge on any atom is 0.254 e. The number of rotatable bonds is 5. The van der Waals surface area contributed by atoms with E-state index in [-0.39, 0.29) is 12.8 Å². The second-order valence-corrected chi connectivity index (χ2v) is 3.56. The molecule has 5 nitrogen and oxygen atoms in total. The number of carbonyl (C=O) groups is 2. The van der Waals surface area contributed by atoms with Crippen molar-refractivity contribution in [2.75, 3.05) is 0 Å². The highest BCUT2D eigenvalue weighted by atomic mass is 16.3. The molecule has 0 bridgehead atoms. The highest BCUT2D eigenvalue weighted by Crippen LogP contribution is 2.25. The fourth-order valence-corrected chi connectivity index (χ4v) is 1.43. The van der Waals surface area contributed by atoms with E-state index in [1.54, 1.807) is 30.3 Å². The minimum Gasteiger partial charge on any atom is -0.375 e. The van der Waals surface area contributed by atoms with Crippen LogP contribution in [-0.2, 0) is 15.2 Å². The van der Waals surface area contributed by atoms with Crippen molar-refractivity contribution in [2.24, 2.45) is 11.5 Å². The first-order valence-corrected chi connectivity index (χ1v) is 4.83. The number of nitrogens with two attached hydrogens (primary N) is 2. The Hall–Kier alpha value is -1.88. The number of hydrogen-bond donors (Lipinski definition) is 3. The summed E-state index contributed by atoms with van der Waals surface area (Å²) in [6.45, 7) is 0. The first-order chi connectivity index (χ1) is 7.47. The van der Waals surface area contributed by atoms with Gasteiger partial charge >= 0.3 is 0 Å². The van der Waals surface area contributed by atoms with Gasteiger partial charge in [-0.1, -0.05) is 30.3 Å². The van der Waals surface area contributed by atoms with Crippen LogP contribution in [0.5, 0.6) is 0 Å². The van der Waals surface area contributed by atoms with Crippen LogP contribution in [0.1, 0.15) is 18.4 Å². The third-order valence-corrected chi connectivity index (χ3v) is 2.39. The number of aliphatic hydroxyl groups is 1. The fourth-order valence-electron chi connectivity index (χ4n) is 1.43. The van der Waals surface area contributed by atoms with Crippen LogP contribution in [0.3, 0.4) is 0 Å². The van der Waals surface area contributed by atoms with Gasteiger partial charge in [-0.2, -0.15) is 0 Å². The first-order valence-electron chi connectivity index (χ1n) is 4.83. The number of primary amides is 2. The summed E-state index contributed by atoms with van der Waals surface area (Å²) in [7, 11) is 0. The van der Waals surface area contributed by atoms with Crippen molar-refractivity contribution in [3.8, 4) is 0 Å². The van der Waals surface area contributed by atoms with Gasteiger partial charge in [-0.05, 0) is 12.0 Å². The molecule has 0 aliphatic heterocycles. The predicted octanol–water partition coefficient (Wildman–Crippen LogP) is -0.375. The molecule has 1 unspecified atom stereocenters. The van der Waals surface area contributed by atoms with Gasteiger partial charge in [-0.3, -0.25) is 9.59 Å². The van der Waals surface area contributed by atoms with Crippen molar-refractivity contribution in [2.45, 2.75) is 18.4 Å². The Labute approximate surface area is 93.1 Å². The van der Waals surface area contributed by atoms with Crippen LogP contribution < -0.4 is 11.5 Å². The van der Waals surface area contributed by atoms with E-state index in [9.17, 15) is 14.7 Å². The van der Waals surface area contributed by atoms with Gasteiger partial charge in [-0.25, -0.2) is 0 Å². The molecule has 1 aromatic carbocycles. The molecule has 86 valence electrons. The van der Waals surface area contributed by atoms with Crippen LogP contribution in [-0.4, -0.2) is 16.9 Å². The summed E-state index contributed by atoms with van der Waals surface area (Å²) >= 11 is 0. The van der Waals surface area contributed by atoms with Gasteiger partial charge in [0.2, 0.25) is 5.91 Å². The van der Waals surface area contributed by atoms with E-state index in [0.29, 0.717) is 5.56 Å². The van der Waals surface area contributed by atoms with E-state index < -0.39 is 17.4 Å². The van der Waals surface area contributed by atoms with Gasteiger partial charge in [0.05, 0.1) is 0 Å². The summed E-state index contributed by atoms with van der Waals surface area (Å²) in [6, 6.07) is 8.25. The molecule has 5 N–H and O–H groups in total. The standard InChI is InChI=1S/C11H14N2O3/c12-9(14)6-7-11(16,10(13)15)8-4-2-1-3-5-8/h1-5,16H,6-7H2,(H2,12,14)(H2,13,15). The molecule has 5 heteroatoms. The van der Waals surface area contributed by atoms with E-state index in [4.69, 9.17) is 11.5 Å². The van der Waals surface area contributed by atoms with Gasteiger partial charge in [0, 0.05) is 6.42 Å². The summed E-state index contributed by atoms with van der Waals surface area (Å²) in [5, 5.41) is 10.1. The molecular weight excluding hydrogens is 208 g/mol. The molecule has 0 spiro atoms. The number of amides is 2. The maximum absolute atomic E-state index is 11.3. The molecule has 16 heavy (non-hydrogen) atoms. The lowest BCUT2D eigenvalue weighted by atomic mass is 9.88. The van der Waals surface area contributed by atoms with Gasteiger partial charge in [-0.15, -0.1) is 0 Å². The van der Waals surface area contributed by atoms with E-state index >= 15 is 0 Å². The molecule has 1 aromatic rings. The zero-order valence-electron chi connectivity index (χ0n) is 8.72. The first kappa shape index (κ1) is 12.2. The van der Waals surface area contributed by atoms with Crippen molar-refractivity contribution in [1.82, 2.24) is 0 Å². The fraction of sp³-hybridized carbons (Fsp3) is 0.273. The lowest BCUT2D eigenvalue weighted by molar-refractivity contribution is -0.138. The third-order valence-electron chi connectivity index (χ3n) is 2.39. The van der Waals surface area contributed by atoms with Crippen molar-refractivity contribution in [3.63, 3.8) is 0 Å². The van der Waals surface area contributed by atoms with Crippen LogP contribution in [0.15, 0.2) is 30.3 Å². The van der Waals surface area contributed by atoms with Crippen molar-refractivity contribution in [3.05, 3.63) is 35.9 Å². The van der Waals surface area contributed by atoms with Crippen LogP contribution in [0, 0.1) is 0 Å². The Morgan fingerprint density at radius 2 is 1.75 bits per heavy atom. The number of hydrogen-bond acceptors (Lipinski definition) is 3. The van der Waals surface area contributed by atoms with Crippen molar-refractivity contribution in [1.29, 1.82) is 0 Å². The molecule has 2 amide bonds. The molecule has 0 aliphatic carbocycles. The van der Waals surface area contributed by atoms with E-state index in [2.05, 4.69) is 0 Å². The quantitative estimate of drug-likeness (QED) is 0.632. The summed E-state index contributed by atoms with van der Waals surface area (Å²) in [5.41, 5.74) is 8.65. The number of carbonyl (C=O) groups excluding carboxylic acids is 2. The Bertz CT molecular complexity index is 391. The molecule has 0 fully saturated rings. The van der Waals surface area contributed by atoms with Crippen LogP contribution >= 0.6 is 0 Å². The van der Waals surface area contributed by atoms with E-state index in [1.807, 2.05) is 0 Å². The molecule has 0 heterocycles. The summed E-state index contributed by atoms with van der Waals surface area (Å²) in [5.74, 6) is -1.48. The SMILES string of the molecule is NC(=O)CCC(O)(C(N)=O)c1ccccc1. The smallest absolute Gasteiger partial charge is 0.254 e. The van der Waals surface area contributed by atoms with Gasteiger partial charge in [0.15, 0.2) is 5.60 Å². The molecule has 0 saturated carbocycles. The summed E-state index contributed by atoms with van der Waals surface area (Å²) < 4.78 is 0. The van der Waals surface area contributed by atoms with Gasteiger partial charge < -0.3 is 16.6 Å². The summed E-state index contributed by atoms with van der Waals surface area (Å²) in [6.07, 6.45) is -0.212. The average molecular weight is 222 g/mol. The van der Waals surface area contributed by atoms with Crippen LogP contribution in [0.25, 0.3) is 0 Å². The highest BCUT2D eigenvalue weighted by molar-refractivity contribution is 5.85. The molecular formula is C11H14N2O3. The average Bonchev–Trinajstić information content (AvgIpc) is 2.26. The minimum absolute atomic E-state index is 0.103. The van der Waals surface area contributed by atoms with Crippen molar-refractivity contribution >= 4 is 11.8 Å². The predicted molar refractivity (Wildman–Crippen MR) is 58.0 cm³/mol. The Balaban J connectivity index is 2.98. The Morgan fingerprint density at radius 3 is 2.19 bits per heavy atom. The molecule has 1 rings (SSSR count). The molecule has 0 aliphatic rings. The lowest BCUT2D eigenvalue weighted by Crippen LogP contribution is -2.41. The number of benzene rings is 1. The monoisotopic (exact) mass is 222 g/mol. The Morgan fingerprint density at radius 1 is 1.19 bits per heavy atom. The zero-order chi connectivity index (χ0) is 12.2. The second kappa shape index (κ2) is 4.76. The van der Waals surface area contributed by atoms with Gasteiger partial charge in [0.25, 0.3) is 5.91 Å². The van der Waals surface area contributed by atoms with E-state index in [0.717, 1.165) is 0 Å². The topological polar surface area (TPSA) is 106 Å². The largest absolute Gasteiger partial charge is 0.375 e. The minimum atomic E-state index is -1.84. The second-order valence-electron chi connectivity index (χ2n) is 3.56. The van der Waals surface area contributed by atoms with Gasteiger partial charge in [0.1, 0.15) is 0 Å². The normalized spacial score (nSPS) is 14.1. The van der Waals surface area contributed by atoms with Crippen LogP contribution in [0.2, 0.25) is 0 Å². The zero-order valence-corrected chi connectivity index (χ0v) is 8.72. The maximum atomic E-state index is 11.3. The highest BCUT2D eigenvalue weighted by Gasteiger charge is 2.35. The summed E-state index contributed by atoms with van der Waals surface area (Å²) in [4.78, 5) is 21.9. The van der Waals surface area contributed by atoms with Crippen LogP contribution in [0.4, 0.5) is 0 Å². The van der Waals surface area contributed by atoms with Crippen molar-refractivity contribution < 1.29 is 14.7 Å². The third kappa shape index (κ3) is 2.58. The van der Waals surface area contributed by atoms with E-state index in [1.165, 1.54) is 0 Å². The molecule has 0 aromatic heterocycles.